The van der Waals surface area contributed by atoms with Crippen molar-refractivity contribution >= 4 is 0 Å². The van der Waals surface area contributed by atoms with Crippen molar-refractivity contribution < 1.29 is 4.74 Å². The van der Waals surface area contributed by atoms with Crippen LogP contribution in [0.1, 0.15) is 109 Å². The van der Waals surface area contributed by atoms with Crippen molar-refractivity contribution in [1.29, 1.82) is 0 Å². The van der Waals surface area contributed by atoms with E-state index in [1.165, 1.54) is 95.5 Å². The lowest BCUT2D eigenvalue weighted by molar-refractivity contribution is 0.340. The van der Waals surface area contributed by atoms with Crippen molar-refractivity contribution in [2.24, 2.45) is 0 Å². The van der Waals surface area contributed by atoms with Gasteiger partial charge < -0.3 is 10.1 Å². The number of benzene rings is 1. The van der Waals surface area contributed by atoms with Gasteiger partial charge in [-0.2, -0.15) is 0 Å². The van der Waals surface area contributed by atoms with E-state index in [4.69, 9.17) is 4.74 Å². The van der Waals surface area contributed by atoms with Gasteiger partial charge in [-0.05, 0) is 37.6 Å². The summed E-state index contributed by atoms with van der Waals surface area (Å²) in [5.74, 6) is 0.966. The Morgan fingerprint density at radius 1 is 0.630 bits per heavy atom. The summed E-state index contributed by atoms with van der Waals surface area (Å²) in [5.41, 5.74) is 1.34. The summed E-state index contributed by atoms with van der Waals surface area (Å²) < 4.78 is 5.48. The maximum atomic E-state index is 5.48. The first-order valence-corrected chi connectivity index (χ1v) is 11.8. The molecule has 0 fully saturated rings. The molecule has 0 amide bonds. The van der Waals surface area contributed by atoms with E-state index in [2.05, 4.69) is 36.5 Å². The molecular formula is C25H45NO. The largest absolute Gasteiger partial charge is 0.494 e. The Morgan fingerprint density at radius 3 is 1.59 bits per heavy atom. The second-order valence-electron chi connectivity index (χ2n) is 7.85. The number of ether oxygens (including phenoxy) is 1. The lowest BCUT2D eigenvalue weighted by atomic mass is 10.0. The van der Waals surface area contributed by atoms with E-state index >= 15 is 0 Å². The Balaban J connectivity index is 1.79. The van der Waals surface area contributed by atoms with E-state index in [0.29, 0.717) is 0 Å². The second-order valence-corrected chi connectivity index (χ2v) is 7.85. The zero-order valence-electron chi connectivity index (χ0n) is 18.2. The summed E-state index contributed by atoms with van der Waals surface area (Å²) in [4.78, 5) is 0. The lowest BCUT2D eigenvalue weighted by Gasteiger charge is -2.07. The molecule has 1 N–H and O–H groups in total. The Morgan fingerprint density at radius 2 is 1.11 bits per heavy atom. The third-order valence-electron chi connectivity index (χ3n) is 5.27. The predicted octanol–water partition coefficient (Wildman–Crippen LogP) is 7.66. The number of hydrogen-bond donors (Lipinski definition) is 1. The normalized spacial score (nSPS) is 11.0. The van der Waals surface area contributed by atoms with Crippen LogP contribution in [0.15, 0.2) is 24.3 Å². The van der Waals surface area contributed by atoms with Crippen LogP contribution in [0.2, 0.25) is 0 Å². The lowest BCUT2D eigenvalue weighted by Crippen LogP contribution is -2.14. The zero-order chi connectivity index (χ0) is 19.4. The molecule has 2 nitrogen and oxygen atoms in total. The monoisotopic (exact) mass is 375 g/mol. The topological polar surface area (TPSA) is 21.3 Å². The van der Waals surface area contributed by atoms with Gasteiger partial charge in [0.1, 0.15) is 5.75 Å². The van der Waals surface area contributed by atoms with Gasteiger partial charge >= 0.3 is 0 Å². The fourth-order valence-electron chi connectivity index (χ4n) is 3.55. The molecule has 1 rings (SSSR count). The first-order valence-electron chi connectivity index (χ1n) is 11.8. The highest BCUT2D eigenvalue weighted by Crippen LogP contribution is 2.13. The molecule has 0 aliphatic heterocycles. The third-order valence-corrected chi connectivity index (χ3v) is 5.27. The Bertz CT molecular complexity index is 415. The van der Waals surface area contributed by atoms with Crippen molar-refractivity contribution in [1.82, 2.24) is 5.32 Å². The maximum Gasteiger partial charge on any atom is 0.119 e. The summed E-state index contributed by atoms with van der Waals surface area (Å²) in [5, 5.41) is 3.56. The Kier molecular flexibility index (Phi) is 16.3. The minimum atomic E-state index is 0.733. The number of hydrogen-bond acceptors (Lipinski definition) is 2. The Hall–Kier alpha value is -1.02. The van der Waals surface area contributed by atoms with Gasteiger partial charge in [0.2, 0.25) is 0 Å². The van der Waals surface area contributed by atoms with Crippen LogP contribution in [0.4, 0.5) is 0 Å². The van der Waals surface area contributed by atoms with Gasteiger partial charge in [-0.25, -0.2) is 0 Å². The minimum absolute atomic E-state index is 0.733. The summed E-state index contributed by atoms with van der Waals surface area (Å²) in [7, 11) is 0. The maximum absolute atomic E-state index is 5.48. The smallest absolute Gasteiger partial charge is 0.119 e. The molecule has 0 saturated heterocycles. The van der Waals surface area contributed by atoms with E-state index in [-0.39, 0.29) is 0 Å². The molecule has 1 aromatic carbocycles. The van der Waals surface area contributed by atoms with Gasteiger partial charge in [0.15, 0.2) is 0 Å². The van der Waals surface area contributed by atoms with E-state index in [9.17, 15) is 0 Å². The molecular weight excluding hydrogens is 330 g/mol. The van der Waals surface area contributed by atoms with Crippen LogP contribution in [0, 0.1) is 0 Å². The van der Waals surface area contributed by atoms with Crippen LogP contribution >= 0.6 is 0 Å². The molecule has 0 heterocycles. The number of nitrogens with one attached hydrogen (secondary N) is 1. The van der Waals surface area contributed by atoms with E-state index < -0.39 is 0 Å². The molecule has 0 aliphatic rings. The summed E-state index contributed by atoms with van der Waals surface area (Å²) in [6.07, 6.45) is 19.9. The van der Waals surface area contributed by atoms with Crippen LogP contribution in [-0.4, -0.2) is 13.2 Å². The van der Waals surface area contributed by atoms with Crippen LogP contribution in [0.25, 0.3) is 0 Å². The number of unbranched alkanes of at least 4 members (excludes halogenated alkanes) is 13. The van der Waals surface area contributed by atoms with Crippen molar-refractivity contribution in [3.8, 4) is 5.75 Å². The summed E-state index contributed by atoms with van der Waals surface area (Å²) in [6.45, 7) is 7.14. The molecule has 0 aliphatic carbocycles. The molecule has 0 radical (unpaired) electrons. The highest BCUT2D eigenvalue weighted by molar-refractivity contribution is 5.27. The molecule has 27 heavy (non-hydrogen) atoms. The Labute approximate surface area is 169 Å². The second kappa shape index (κ2) is 18.3. The quantitative estimate of drug-likeness (QED) is 0.251. The first-order chi connectivity index (χ1) is 13.4. The highest BCUT2D eigenvalue weighted by atomic mass is 16.5. The standard InChI is InChI=1S/C25H45NO/c1-3-5-6-7-8-9-10-11-12-13-14-15-16-17-22-26-23-24-18-20-25(21-19-24)27-4-2/h18-21,26H,3-17,22-23H2,1-2H3. The highest BCUT2D eigenvalue weighted by Gasteiger charge is 1.96. The average Bonchev–Trinajstić information content (AvgIpc) is 2.69. The molecule has 0 atom stereocenters. The van der Waals surface area contributed by atoms with Crippen molar-refractivity contribution in [2.45, 2.75) is 110 Å². The van der Waals surface area contributed by atoms with Gasteiger partial charge in [-0.3, -0.25) is 0 Å². The summed E-state index contributed by atoms with van der Waals surface area (Å²) in [6, 6.07) is 8.44. The predicted molar refractivity (Wildman–Crippen MR) is 120 cm³/mol. The fraction of sp³-hybridized carbons (Fsp3) is 0.760. The van der Waals surface area contributed by atoms with Gasteiger partial charge in [0, 0.05) is 6.54 Å². The molecule has 0 unspecified atom stereocenters. The molecule has 0 saturated carbocycles. The molecule has 0 aromatic heterocycles. The summed E-state index contributed by atoms with van der Waals surface area (Å²) >= 11 is 0. The fourth-order valence-corrected chi connectivity index (χ4v) is 3.55. The van der Waals surface area contributed by atoms with Crippen molar-refractivity contribution in [3.05, 3.63) is 29.8 Å². The van der Waals surface area contributed by atoms with Crippen LogP contribution in [-0.2, 0) is 6.54 Å². The van der Waals surface area contributed by atoms with Crippen molar-refractivity contribution in [3.63, 3.8) is 0 Å². The minimum Gasteiger partial charge on any atom is -0.494 e. The molecule has 2 heteroatoms. The average molecular weight is 376 g/mol. The van der Waals surface area contributed by atoms with Gasteiger partial charge in [0.05, 0.1) is 6.61 Å². The first kappa shape index (κ1) is 24.0. The third kappa shape index (κ3) is 14.7. The SMILES string of the molecule is CCCCCCCCCCCCCCCCNCc1ccc(OCC)cc1. The molecule has 156 valence electrons. The molecule has 1 aromatic rings. The number of rotatable bonds is 19. The van der Waals surface area contributed by atoms with Gasteiger partial charge in [0.25, 0.3) is 0 Å². The zero-order valence-corrected chi connectivity index (χ0v) is 18.2. The van der Waals surface area contributed by atoms with Crippen LogP contribution in [0.3, 0.4) is 0 Å². The molecule has 0 spiro atoms. The van der Waals surface area contributed by atoms with Gasteiger partial charge in [-0.1, -0.05) is 103 Å². The van der Waals surface area contributed by atoms with Gasteiger partial charge in [-0.15, -0.1) is 0 Å². The van der Waals surface area contributed by atoms with E-state index in [0.717, 1.165) is 25.4 Å². The van der Waals surface area contributed by atoms with Crippen LogP contribution < -0.4 is 10.1 Å². The molecule has 0 bridgehead atoms. The van der Waals surface area contributed by atoms with Crippen LogP contribution in [0.5, 0.6) is 5.75 Å². The van der Waals surface area contributed by atoms with E-state index in [1.54, 1.807) is 0 Å². The van der Waals surface area contributed by atoms with Crippen molar-refractivity contribution in [2.75, 3.05) is 13.2 Å². The van der Waals surface area contributed by atoms with E-state index in [1.807, 2.05) is 6.92 Å².